The highest BCUT2D eigenvalue weighted by Gasteiger charge is 2.07. The van der Waals surface area contributed by atoms with E-state index in [2.05, 4.69) is 17.5 Å². The van der Waals surface area contributed by atoms with Crippen LogP contribution in [0.2, 0.25) is 5.02 Å². The van der Waals surface area contributed by atoms with Crippen molar-refractivity contribution >= 4 is 23.2 Å². The molecule has 21 heavy (non-hydrogen) atoms. The van der Waals surface area contributed by atoms with Gasteiger partial charge in [0.2, 0.25) is 0 Å². The fourth-order valence-electron chi connectivity index (χ4n) is 1.94. The topological polar surface area (TPSA) is 41.5 Å². The fourth-order valence-corrected chi connectivity index (χ4v) is 2.13. The Hall–Kier alpha value is -2.13. The van der Waals surface area contributed by atoms with Crippen LogP contribution >= 0.6 is 11.6 Å². The second-order valence-electron chi connectivity index (χ2n) is 4.63. The summed E-state index contributed by atoms with van der Waals surface area (Å²) in [6, 6.07) is 16.6. The van der Waals surface area contributed by atoms with Gasteiger partial charge in [0.1, 0.15) is 0 Å². The number of benzene rings is 2. The van der Waals surface area contributed by atoms with Crippen LogP contribution in [-0.4, -0.2) is 11.6 Å². The number of carbonyl (C=O) groups is 1. The van der Waals surface area contributed by atoms with Crippen molar-refractivity contribution in [2.24, 2.45) is 5.10 Å². The number of amides is 1. The zero-order valence-corrected chi connectivity index (χ0v) is 12.6. The second kappa shape index (κ2) is 7.60. The highest BCUT2D eigenvalue weighted by Crippen LogP contribution is 2.11. The normalized spacial score (nSPS) is 11.2. The summed E-state index contributed by atoms with van der Waals surface area (Å²) in [6.07, 6.45) is 1.76. The quantitative estimate of drug-likeness (QED) is 0.650. The number of hydrogen-bond donors (Lipinski definition) is 1. The molecular weight excluding hydrogens is 284 g/mol. The number of nitrogens with one attached hydrogen (secondary N) is 1. The van der Waals surface area contributed by atoms with E-state index >= 15 is 0 Å². The number of halogens is 1. The molecule has 1 N–H and O–H groups in total. The zero-order chi connectivity index (χ0) is 15.1. The summed E-state index contributed by atoms with van der Waals surface area (Å²) < 4.78 is 0. The number of hydrogen-bond acceptors (Lipinski definition) is 2. The van der Waals surface area contributed by atoms with Gasteiger partial charge in [-0.3, -0.25) is 4.79 Å². The lowest BCUT2D eigenvalue weighted by Gasteiger charge is -2.06. The average Bonchev–Trinajstić information content (AvgIpc) is 2.52. The summed E-state index contributed by atoms with van der Waals surface area (Å²) in [5, 5.41) is 4.79. The first-order valence-electron chi connectivity index (χ1n) is 6.88. The minimum absolute atomic E-state index is 0.262. The molecule has 0 spiro atoms. The Bertz CT molecular complexity index is 638. The molecule has 3 nitrogen and oxygen atoms in total. The maximum absolute atomic E-state index is 12.1. The van der Waals surface area contributed by atoms with E-state index in [1.165, 1.54) is 0 Å². The molecule has 2 aromatic carbocycles. The number of carbonyl (C=O) groups excluding carboxylic acids is 1. The van der Waals surface area contributed by atoms with Crippen molar-refractivity contribution in [3.63, 3.8) is 0 Å². The molecule has 0 radical (unpaired) electrons. The van der Waals surface area contributed by atoms with E-state index in [-0.39, 0.29) is 5.91 Å². The monoisotopic (exact) mass is 300 g/mol. The molecule has 0 bridgehead atoms. The van der Waals surface area contributed by atoms with E-state index in [0.717, 1.165) is 24.1 Å². The maximum Gasteiger partial charge on any atom is 0.271 e. The smallest absolute Gasteiger partial charge is 0.267 e. The van der Waals surface area contributed by atoms with Crippen molar-refractivity contribution in [2.45, 2.75) is 19.8 Å². The average molecular weight is 301 g/mol. The van der Waals surface area contributed by atoms with Gasteiger partial charge < -0.3 is 0 Å². The van der Waals surface area contributed by atoms with Gasteiger partial charge in [0.25, 0.3) is 5.91 Å². The maximum atomic E-state index is 12.1. The van der Waals surface area contributed by atoms with Crippen LogP contribution in [-0.2, 0) is 0 Å². The van der Waals surface area contributed by atoms with E-state index in [1.54, 1.807) is 24.3 Å². The van der Waals surface area contributed by atoms with Crippen molar-refractivity contribution in [1.82, 2.24) is 5.43 Å². The lowest BCUT2D eigenvalue weighted by molar-refractivity contribution is 0.0955. The molecule has 108 valence electrons. The van der Waals surface area contributed by atoms with Gasteiger partial charge in [0.05, 0.1) is 5.71 Å². The molecule has 2 aromatic rings. The lowest BCUT2D eigenvalue weighted by atomic mass is 10.1. The number of rotatable bonds is 5. The van der Waals surface area contributed by atoms with Crippen LogP contribution in [0.4, 0.5) is 0 Å². The van der Waals surface area contributed by atoms with Gasteiger partial charge in [0.15, 0.2) is 0 Å². The molecule has 0 unspecified atom stereocenters. The van der Waals surface area contributed by atoms with E-state index in [0.29, 0.717) is 10.6 Å². The van der Waals surface area contributed by atoms with Crippen molar-refractivity contribution < 1.29 is 4.79 Å². The molecule has 1 amide bonds. The molecule has 0 aliphatic heterocycles. The third-order valence-corrected chi connectivity index (χ3v) is 3.21. The Kier molecular flexibility index (Phi) is 5.52. The predicted octanol–water partition coefficient (Wildman–Crippen LogP) is 4.27. The molecule has 0 aromatic heterocycles. The molecule has 0 saturated carbocycles. The van der Waals surface area contributed by atoms with Crippen molar-refractivity contribution in [3.8, 4) is 0 Å². The third kappa shape index (κ3) is 4.43. The van der Waals surface area contributed by atoms with Gasteiger partial charge in [-0.25, -0.2) is 5.43 Å². The minimum atomic E-state index is -0.262. The van der Waals surface area contributed by atoms with Gasteiger partial charge in [-0.05, 0) is 30.2 Å². The van der Waals surface area contributed by atoms with Crippen LogP contribution in [0.1, 0.15) is 35.7 Å². The van der Waals surface area contributed by atoms with Crippen molar-refractivity contribution in [1.29, 1.82) is 0 Å². The van der Waals surface area contributed by atoms with Crippen LogP contribution in [0.15, 0.2) is 59.7 Å². The van der Waals surface area contributed by atoms with E-state index in [4.69, 9.17) is 11.6 Å². The first kappa shape index (κ1) is 15.3. The molecule has 0 aliphatic carbocycles. The summed E-state index contributed by atoms with van der Waals surface area (Å²) >= 11 is 5.88. The Balaban J connectivity index is 2.15. The summed E-state index contributed by atoms with van der Waals surface area (Å²) in [4.78, 5) is 12.1. The zero-order valence-electron chi connectivity index (χ0n) is 11.8. The highest BCUT2D eigenvalue weighted by molar-refractivity contribution is 6.30. The Morgan fingerprint density at radius 2 is 1.81 bits per heavy atom. The number of nitrogens with zero attached hydrogens (tertiary/aromatic N) is 1. The van der Waals surface area contributed by atoms with Gasteiger partial charge in [-0.15, -0.1) is 0 Å². The van der Waals surface area contributed by atoms with Crippen LogP contribution in [0.25, 0.3) is 0 Å². The van der Waals surface area contributed by atoms with E-state index < -0.39 is 0 Å². The Morgan fingerprint density at radius 3 is 2.48 bits per heavy atom. The summed E-state index contributed by atoms with van der Waals surface area (Å²) in [7, 11) is 0. The van der Waals surface area contributed by atoms with Crippen LogP contribution < -0.4 is 5.43 Å². The summed E-state index contributed by atoms with van der Waals surface area (Å²) in [5.74, 6) is -0.262. The predicted molar refractivity (Wildman–Crippen MR) is 86.8 cm³/mol. The standard InChI is InChI=1S/C17H17ClN2O/c1-2-7-16(13-8-4-3-5-9-13)19-20-17(21)14-10-6-11-15(18)12-14/h3-6,8-12H,2,7H2,1H3,(H,20,21)/b19-16+. The largest absolute Gasteiger partial charge is 0.271 e. The second-order valence-corrected chi connectivity index (χ2v) is 5.06. The highest BCUT2D eigenvalue weighted by atomic mass is 35.5. The van der Waals surface area contributed by atoms with E-state index in [9.17, 15) is 4.79 Å². The molecule has 2 rings (SSSR count). The molecule has 4 heteroatoms. The van der Waals surface area contributed by atoms with Crippen LogP contribution in [0.5, 0.6) is 0 Å². The first-order valence-corrected chi connectivity index (χ1v) is 7.26. The molecule has 0 heterocycles. The molecule has 0 fully saturated rings. The van der Waals surface area contributed by atoms with Gasteiger partial charge in [0, 0.05) is 10.6 Å². The van der Waals surface area contributed by atoms with Crippen molar-refractivity contribution in [3.05, 3.63) is 70.7 Å². The Labute approximate surface area is 129 Å². The molecule has 0 saturated heterocycles. The number of hydrazone groups is 1. The first-order chi connectivity index (χ1) is 10.2. The van der Waals surface area contributed by atoms with Gasteiger partial charge in [-0.2, -0.15) is 5.10 Å². The minimum Gasteiger partial charge on any atom is -0.267 e. The van der Waals surface area contributed by atoms with Gasteiger partial charge in [-0.1, -0.05) is 61.3 Å². The lowest BCUT2D eigenvalue weighted by Crippen LogP contribution is -2.20. The van der Waals surface area contributed by atoms with E-state index in [1.807, 2.05) is 30.3 Å². The van der Waals surface area contributed by atoms with Gasteiger partial charge >= 0.3 is 0 Å². The van der Waals surface area contributed by atoms with Crippen LogP contribution in [0, 0.1) is 0 Å². The summed E-state index contributed by atoms with van der Waals surface area (Å²) in [5.41, 5.74) is 4.98. The molecule has 0 atom stereocenters. The fraction of sp³-hybridized carbons (Fsp3) is 0.176. The van der Waals surface area contributed by atoms with Crippen molar-refractivity contribution in [2.75, 3.05) is 0 Å². The SMILES string of the molecule is CCC/C(=N\NC(=O)c1cccc(Cl)c1)c1ccccc1. The molecular formula is C17H17ClN2O. The third-order valence-electron chi connectivity index (χ3n) is 2.97. The summed E-state index contributed by atoms with van der Waals surface area (Å²) in [6.45, 7) is 2.08. The van der Waals surface area contributed by atoms with Crippen LogP contribution in [0.3, 0.4) is 0 Å². The molecule has 0 aliphatic rings. The Morgan fingerprint density at radius 1 is 1.10 bits per heavy atom.